The predicted molar refractivity (Wildman–Crippen MR) is 24.2 cm³/mol. The summed E-state index contributed by atoms with van der Waals surface area (Å²) in [7, 11) is 0. The minimum absolute atomic E-state index is 1.85. The molecule has 0 amide bonds. The van der Waals surface area contributed by atoms with E-state index in [1.165, 1.54) is 0 Å². The molecule has 0 aromatic carbocycles. The van der Waals surface area contributed by atoms with E-state index in [1.54, 1.807) is 0 Å². The molecule has 0 fully saturated rings. The topological polar surface area (TPSA) is 35.5 Å². The van der Waals surface area contributed by atoms with E-state index in [9.17, 15) is 35.7 Å². The Kier molecular flexibility index (Phi) is 3.68. The van der Waals surface area contributed by atoms with E-state index >= 15 is 0 Å². The highest BCUT2D eigenvalue weighted by atomic mass is 19.4. The van der Waals surface area contributed by atoms with Gasteiger partial charge < -0.3 is 0 Å². The molecule has 84 valence electrons. The molecule has 14 heavy (non-hydrogen) atoms. The Morgan fingerprint density at radius 1 is 1.14 bits per heavy atom. The Labute approximate surface area is 71.3 Å². The third-order valence-corrected chi connectivity index (χ3v) is 0.949. The highest BCUT2D eigenvalue weighted by Gasteiger charge is 2.67. The molecule has 0 aliphatic heterocycles. The maximum atomic E-state index is 12.4. The maximum Gasteiger partial charge on any atom is 0.460 e. The molecule has 0 bridgehead atoms. The third kappa shape index (κ3) is 2.47. The van der Waals surface area contributed by atoms with Gasteiger partial charge in [0, 0.05) is 4.53 Å². The normalized spacial score (nSPS) is 16.6. The first-order valence-corrected chi connectivity index (χ1v) is 2.69. The fraction of sp³-hybridized carbons (Fsp3) is 0.750. The summed E-state index contributed by atoms with van der Waals surface area (Å²) in [5.41, 5.74) is 0. The lowest BCUT2D eigenvalue weighted by Crippen LogP contribution is -2.51. The van der Waals surface area contributed by atoms with Crippen LogP contribution in [0.25, 0.3) is 0 Å². The molecule has 0 saturated heterocycles. The van der Waals surface area contributed by atoms with Crippen LogP contribution >= 0.6 is 0 Å². The number of rotatable bonds is 3. The van der Waals surface area contributed by atoms with Gasteiger partial charge >= 0.3 is 24.6 Å². The maximum absolute atomic E-state index is 12.4. The van der Waals surface area contributed by atoms with E-state index in [0.29, 0.717) is 0 Å². The van der Waals surface area contributed by atoms with Gasteiger partial charge in [0.2, 0.25) is 0 Å². The third-order valence-electron chi connectivity index (χ3n) is 0.949. The standard InChI is InChI=1S/C4HF7O3/c5-2(6)13-3(7,1(12)14-11)4(8,9)10/h2H. The van der Waals surface area contributed by atoms with Crippen LogP contribution < -0.4 is 0 Å². The van der Waals surface area contributed by atoms with Crippen LogP contribution in [0.5, 0.6) is 0 Å². The zero-order valence-electron chi connectivity index (χ0n) is 5.95. The van der Waals surface area contributed by atoms with Gasteiger partial charge in [0.1, 0.15) is 0 Å². The van der Waals surface area contributed by atoms with Crippen LogP contribution in [-0.4, -0.2) is 24.6 Å². The number of ether oxygens (including phenoxy) is 1. The minimum Gasteiger partial charge on any atom is -0.268 e. The van der Waals surface area contributed by atoms with Gasteiger partial charge in [0.05, 0.1) is 0 Å². The lowest BCUT2D eigenvalue weighted by molar-refractivity contribution is -0.370. The van der Waals surface area contributed by atoms with Crippen LogP contribution in [0.2, 0.25) is 0 Å². The molecule has 0 radical (unpaired) electrons. The second-order valence-corrected chi connectivity index (χ2v) is 1.84. The van der Waals surface area contributed by atoms with Crippen LogP contribution in [0.3, 0.4) is 0 Å². The molecule has 0 aliphatic rings. The molecule has 0 heterocycles. The van der Waals surface area contributed by atoms with Crippen molar-refractivity contribution in [3.05, 3.63) is 0 Å². The van der Waals surface area contributed by atoms with Gasteiger partial charge in [0.15, 0.2) is 0 Å². The first-order chi connectivity index (χ1) is 6.15. The molecular formula is C4HF7O3. The van der Waals surface area contributed by atoms with Gasteiger partial charge in [-0.1, -0.05) is 0 Å². The Morgan fingerprint density at radius 2 is 1.57 bits per heavy atom. The SMILES string of the molecule is O=C(OF)C(F)(OC(F)F)C(F)(F)F. The van der Waals surface area contributed by atoms with Crippen molar-refractivity contribution in [3.8, 4) is 0 Å². The summed E-state index contributed by atoms with van der Waals surface area (Å²) in [5.74, 6) is -8.78. The summed E-state index contributed by atoms with van der Waals surface area (Å²) < 4.78 is 83.0. The van der Waals surface area contributed by atoms with E-state index in [0.717, 1.165) is 0 Å². The van der Waals surface area contributed by atoms with E-state index < -0.39 is 24.6 Å². The average Bonchev–Trinajstić information content (AvgIpc) is 1.99. The highest BCUT2D eigenvalue weighted by molar-refractivity contribution is 5.78. The summed E-state index contributed by atoms with van der Waals surface area (Å²) in [6, 6.07) is 0. The van der Waals surface area contributed by atoms with Gasteiger partial charge in [0.25, 0.3) is 0 Å². The molecule has 0 rings (SSSR count). The number of alkyl halides is 6. The first-order valence-electron chi connectivity index (χ1n) is 2.69. The summed E-state index contributed by atoms with van der Waals surface area (Å²) in [5, 5.41) is 0. The summed E-state index contributed by atoms with van der Waals surface area (Å²) in [6.45, 7) is -4.26. The van der Waals surface area contributed by atoms with E-state index in [2.05, 4.69) is 4.74 Å². The van der Waals surface area contributed by atoms with Gasteiger partial charge in [-0.3, -0.25) is 4.74 Å². The van der Waals surface area contributed by atoms with Crippen LogP contribution in [0.1, 0.15) is 0 Å². The average molecular weight is 230 g/mol. The summed E-state index contributed by atoms with van der Waals surface area (Å²) in [4.78, 5) is 11.7. The smallest absolute Gasteiger partial charge is 0.268 e. The molecule has 1 unspecified atom stereocenters. The Morgan fingerprint density at radius 3 is 1.79 bits per heavy atom. The first kappa shape index (κ1) is 12.9. The van der Waals surface area contributed by atoms with Crippen molar-refractivity contribution >= 4 is 5.97 Å². The minimum atomic E-state index is -6.17. The van der Waals surface area contributed by atoms with Crippen molar-refractivity contribution in [1.29, 1.82) is 0 Å². The largest absolute Gasteiger partial charge is 0.460 e. The monoisotopic (exact) mass is 230 g/mol. The quantitative estimate of drug-likeness (QED) is 0.694. The van der Waals surface area contributed by atoms with Crippen molar-refractivity contribution in [2.75, 3.05) is 0 Å². The number of halogens is 7. The highest BCUT2D eigenvalue weighted by Crippen LogP contribution is 2.37. The molecule has 0 saturated carbocycles. The zero-order valence-corrected chi connectivity index (χ0v) is 5.95. The van der Waals surface area contributed by atoms with Crippen molar-refractivity contribution in [2.45, 2.75) is 18.6 Å². The number of hydrogen-bond donors (Lipinski definition) is 0. The fourth-order valence-corrected chi connectivity index (χ4v) is 0.403. The van der Waals surface area contributed by atoms with E-state index in [-0.39, 0.29) is 0 Å². The molecule has 0 aromatic heterocycles. The number of hydrogen-bond acceptors (Lipinski definition) is 3. The van der Waals surface area contributed by atoms with Crippen molar-refractivity contribution in [2.24, 2.45) is 0 Å². The van der Waals surface area contributed by atoms with Crippen molar-refractivity contribution < 1.29 is 45.3 Å². The molecule has 0 N–H and O–H groups in total. The van der Waals surface area contributed by atoms with Gasteiger partial charge in [-0.25, -0.2) is 9.74 Å². The van der Waals surface area contributed by atoms with Gasteiger partial charge in [-0.2, -0.15) is 26.3 Å². The molecule has 10 heteroatoms. The predicted octanol–water partition coefficient (Wildman–Crippen LogP) is 1.88. The molecule has 0 aliphatic carbocycles. The van der Waals surface area contributed by atoms with Gasteiger partial charge in [-0.05, 0) is 0 Å². The fourth-order valence-electron chi connectivity index (χ4n) is 0.403. The van der Waals surface area contributed by atoms with Crippen molar-refractivity contribution in [3.63, 3.8) is 0 Å². The molecule has 0 spiro atoms. The van der Waals surface area contributed by atoms with Gasteiger partial charge in [-0.15, -0.1) is 0 Å². The van der Waals surface area contributed by atoms with Crippen molar-refractivity contribution in [1.82, 2.24) is 0 Å². The number of carbonyl (C=O) groups is 1. The van der Waals surface area contributed by atoms with E-state index in [1.807, 2.05) is 4.94 Å². The number of carbonyl (C=O) groups excluding carboxylic acids is 1. The molecule has 0 aromatic rings. The second kappa shape index (κ2) is 3.98. The van der Waals surface area contributed by atoms with Crippen LogP contribution in [0.15, 0.2) is 0 Å². The Hall–Kier alpha value is -1.06. The van der Waals surface area contributed by atoms with Crippen LogP contribution in [0.4, 0.5) is 30.9 Å². The lowest BCUT2D eigenvalue weighted by atomic mass is 10.3. The molecule has 1 atom stereocenters. The zero-order chi connectivity index (χ0) is 11.6. The summed E-state index contributed by atoms with van der Waals surface area (Å²) in [6.07, 6.45) is -6.17. The van der Waals surface area contributed by atoms with Crippen LogP contribution in [-0.2, 0) is 14.5 Å². The Bertz CT molecular complexity index is 213. The summed E-state index contributed by atoms with van der Waals surface area (Å²) >= 11 is 0. The Balaban J connectivity index is 4.96. The van der Waals surface area contributed by atoms with E-state index in [4.69, 9.17) is 0 Å². The second-order valence-electron chi connectivity index (χ2n) is 1.84. The molecule has 3 nitrogen and oxygen atoms in total. The van der Waals surface area contributed by atoms with Crippen LogP contribution in [0, 0.1) is 0 Å². The lowest BCUT2D eigenvalue weighted by Gasteiger charge is -2.22. The molecular weight excluding hydrogens is 229 g/mol.